The summed E-state index contributed by atoms with van der Waals surface area (Å²) in [5.74, 6) is 0.115. The van der Waals surface area contributed by atoms with E-state index in [1.807, 2.05) is 42.5 Å². The Morgan fingerprint density at radius 3 is 2.63 bits per heavy atom. The number of carbonyl (C=O) groups is 1. The maximum absolute atomic E-state index is 13.9. The summed E-state index contributed by atoms with van der Waals surface area (Å²) in [6.07, 6.45) is 0.456. The summed E-state index contributed by atoms with van der Waals surface area (Å²) in [6.45, 7) is 5.01. The van der Waals surface area contributed by atoms with Gasteiger partial charge in [-0.1, -0.05) is 61.8 Å². The number of para-hydroxylation sites is 1. The molecule has 0 spiro atoms. The van der Waals surface area contributed by atoms with Crippen LogP contribution in [0.2, 0.25) is 5.02 Å². The first-order chi connectivity index (χ1) is 13.0. The van der Waals surface area contributed by atoms with Crippen LogP contribution >= 0.6 is 11.6 Å². The van der Waals surface area contributed by atoms with Gasteiger partial charge in [-0.25, -0.2) is 0 Å². The van der Waals surface area contributed by atoms with Gasteiger partial charge >= 0.3 is 0 Å². The van der Waals surface area contributed by atoms with Crippen molar-refractivity contribution in [2.45, 2.75) is 38.9 Å². The smallest absolute Gasteiger partial charge is 0.264 e. The highest BCUT2D eigenvalue weighted by Gasteiger charge is 2.47. The van der Waals surface area contributed by atoms with Crippen LogP contribution in [-0.2, 0) is 21.7 Å². The average Bonchev–Trinajstić information content (AvgIpc) is 2.77. The Kier molecular flexibility index (Phi) is 5.84. The molecule has 4 nitrogen and oxygen atoms in total. The highest BCUT2D eigenvalue weighted by Crippen LogP contribution is 2.42. The topological polar surface area (TPSA) is 53.3 Å². The van der Waals surface area contributed by atoms with Gasteiger partial charge in [-0.05, 0) is 18.1 Å². The quantitative estimate of drug-likeness (QED) is 0.726. The van der Waals surface area contributed by atoms with Crippen molar-refractivity contribution in [2.75, 3.05) is 11.4 Å². The lowest BCUT2D eigenvalue weighted by Gasteiger charge is -2.36. The van der Waals surface area contributed by atoms with Gasteiger partial charge < -0.3 is 9.64 Å². The van der Waals surface area contributed by atoms with Crippen LogP contribution in [0, 0.1) is 17.2 Å². The molecule has 2 aromatic rings. The molecule has 3 rings (SSSR count). The second kappa shape index (κ2) is 8.12. The zero-order valence-corrected chi connectivity index (χ0v) is 16.4. The molecule has 1 amide bonds. The van der Waals surface area contributed by atoms with Crippen LogP contribution in [0.1, 0.15) is 37.8 Å². The number of nitrogens with zero attached hydrogens (tertiary/aromatic N) is 2. The predicted molar refractivity (Wildman–Crippen MR) is 106 cm³/mol. The van der Waals surface area contributed by atoms with Crippen LogP contribution in [-0.4, -0.2) is 12.5 Å². The van der Waals surface area contributed by atoms with Crippen molar-refractivity contribution >= 4 is 23.2 Å². The molecule has 1 heterocycles. The Balaban J connectivity index is 2.18. The van der Waals surface area contributed by atoms with Crippen molar-refractivity contribution in [1.82, 2.24) is 0 Å². The van der Waals surface area contributed by atoms with E-state index in [1.54, 1.807) is 11.0 Å². The van der Waals surface area contributed by atoms with Crippen LogP contribution in [0.15, 0.2) is 48.5 Å². The number of halogens is 1. The first-order valence-electron chi connectivity index (χ1n) is 9.15. The molecule has 0 radical (unpaired) electrons. The Labute approximate surface area is 165 Å². The van der Waals surface area contributed by atoms with Crippen molar-refractivity contribution in [3.05, 3.63) is 64.7 Å². The molecule has 0 aromatic heterocycles. The van der Waals surface area contributed by atoms with E-state index >= 15 is 0 Å². The fraction of sp³-hybridized carbons (Fsp3) is 0.364. The Hall–Kier alpha value is -2.35. The molecule has 0 saturated carbocycles. The van der Waals surface area contributed by atoms with Crippen molar-refractivity contribution in [1.29, 1.82) is 5.26 Å². The Morgan fingerprint density at radius 2 is 1.93 bits per heavy atom. The van der Waals surface area contributed by atoms with Crippen molar-refractivity contribution in [3.8, 4) is 6.07 Å². The molecule has 2 aromatic carbocycles. The summed E-state index contributed by atoms with van der Waals surface area (Å²) >= 11 is 6.48. The first kappa shape index (κ1) is 19.4. The van der Waals surface area contributed by atoms with E-state index in [9.17, 15) is 10.1 Å². The summed E-state index contributed by atoms with van der Waals surface area (Å²) in [7, 11) is 0. The van der Waals surface area contributed by atoms with E-state index in [2.05, 4.69) is 19.9 Å². The monoisotopic (exact) mass is 382 g/mol. The third-order valence-electron chi connectivity index (χ3n) is 4.79. The summed E-state index contributed by atoms with van der Waals surface area (Å²) in [6, 6.07) is 17.2. The molecule has 0 aliphatic carbocycles. The van der Waals surface area contributed by atoms with Gasteiger partial charge in [0.1, 0.15) is 0 Å². The molecule has 0 fully saturated rings. The average molecular weight is 383 g/mol. The van der Waals surface area contributed by atoms with E-state index in [0.717, 1.165) is 11.3 Å². The third kappa shape index (κ3) is 3.71. The Morgan fingerprint density at radius 1 is 1.22 bits per heavy atom. The largest absolute Gasteiger partial charge is 0.355 e. The molecule has 1 atom stereocenters. The standard InChI is InChI=1S/C22H23ClN2O2/c1-16(2)14-25-20-11-6-3-8-17(20)15-27-22(21(25)26,12-7-13-24)18-9-4-5-10-19(18)23/h3-6,8-11,16H,7,12,14-15H2,1-2H3. The van der Waals surface area contributed by atoms with E-state index in [-0.39, 0.29) is 31.3 Å². The second-order valence-corrected chi connectivity index (χ2v) is 7.60. The van der Waals surface area contributed by atoms with Gasteiger partial charge in [0, 0.05) is 41.2 Å². The molecule has 0 bridgehead atoms. The van der Waals surface area contributed by atoms with Gasteiger partial charge in [0.15, 0.2) is 5.60 Å². The molecule has 1 aliphatic heterocycles. The lowest BCUT2D eigenvalue weighted by molar-refractivity contribution is -0.148. The van der Waals surface area contributed by atoms with Gasteiger partial charge in [-0.3, -0.25) is 4.79 Å². The predicted octanol–water partition coefficient (Wildman–Crippen LogP) is 5.06. The minimum atomic E-state index is -1.28. The minimum Gasteiger partial charge on any atom is -0.355 e. The maximum atomic E-state index is 13.9. The molecule has 1 unspecified atom stereocenters. The number of benzene rings is 2. The summed E-state index contributed by atoms with van der Waals surface area (Å²) in [4.78, 5) is 15.7. The zero-order valence-electron chi connectivity index (χ0n) is 15.6. The Bertz CT molecular complexity index is 875. The van der Waals surface area contributed by atoms with E-state index in [1.165, 1.54) is 0 Å². The summed E-state index contributed by atoms with van der Waals surface area (Å²) in [5, 5.41) is 9.68. The van der Waals surface area contributed by atoms with E-state index < -0.39 is 5.60 Å². The third-order valence-corrected chi connectivity index (χ3v) is 5.12. The van der Waals surface area contributed by atoms with Crippen molar-refractivity contribution < 1.29 is 9.53 Å². The van der Waals surface area contributed by atoms with Crippen molar-refractivity contribution in [2.24, 2.45) is 5.92 Å². The van der Waals surface area contributed by atoms with Crippen LogP contribution in [0.4, 0.5) is 5.69 Å². The highest BCUT2D eigenvalue weighted by molar-refractivity contribution is 6.31. The van der Waals surface area contributed by atoms with E-state index in [0.29, 0.717) is 17.1 Å². The van der Waals surface area contributed by atoms with Gasteiger partial charge in [-0.2, -0.15) is 5.26 Å². The molecule has 140 valence electrons. The highest BCUT2D eigenvalue weighted by atomic mass is 35.5. The lowest BCUT2D eigenvalue weighted by atomic mass is 9.87. The fourth-order valence-electron chi connectivity index (χ4n) is 3.56. The number of hydrogen-bond donors (Lipinski definition) is 0. The van der Waals surface area contributed by atoms with Crippen LogP contribution < -0.4 is 4.90 Å². The number of fused-ring (bicyclic) bond motifs is 1. The molecule has 5 heteroatoms. The molecule has 27 heavy (non-hydrogen) atoms. The van der Waals surface area contributed by atoms with Gasteiger partial charge in [0.05, 0.1) is 12.7 Å². The van der Waals surface area contributed by atoms with Gasteiger partial charge in [0.2, 0.25) is 0 Å². The number of anilines is 1. The van der Waals surface area contributed by atoms with Gasteiger partial charge in [-0.15, -0.1) is 0 Å². The minimum absolute atomic E-state index is 0.162. The van der Waals surface area contributed by atoms with Crippen LogP contribution in [0.3, 0.4) is 0 Å². The summed E-state index contributed by atoms with van der Waals surface area (Å²) < 4.78 is 6.28. The number of carbonyl (C=O) groups excluding carboxylic acids is 1. The molecular weight excluding hydrogens is 360 g/mol. The lowest BCUT2D eigenvalue weighted by Crippen LogP contribution is -2.49. The molecular formula is C22H23ClN2O2. The number of ether oxygens (including phenoxy) is 1. The van der Waals surface area contributed by atoms with Gasteiger partial charge in [0.25, 0.3) is 5.91 Å². The van der Waals surface area contributed by atoms with Crippen LogP contribution in [0.25, 0.3) is 0 Å². The first-order valence-corrected chi connectivity index (χ1v) is 9.53. The molecule has 0 saturated heterocycles. The normalized spacial score (nSPS) is 19.5. The number of hydrogen-bond acceptors (Lipinski definition) is 3. The second-order valence-electron chi connectivity index (χ2n) is 7.19. The van der Waals surface area contributed by atoms with Crippen LogP contribution in [0.5, 0.6) is 0 Å². The molecule has 0 N–H and O–H groups in total. The maximum Gasteiger partial charge on any atom is 0.264 e. The SMILES string of the molecule is CC(C)CN1C(=O)C(CCC#N)(c2ccccc2Cl)OCc2ccccc21. The summed E-state index contributed by atoms with van der Waals surface area (Å²) in [5.41, 5.74) is 1.16. The van der Waals surface area contributed by atoms with Crippen molar-refractivity contribution in [3.63, 3.8) is 0 Å². The fourth-order valence-corrected chi connectivity index (χ4v) is 3.85. The number of amides is 1. The zero-order chi connectivity index (χ0) is 19.4. The molecule has 1 aliphatic rings. The van der Waals surface area contributed by atoms with E-state index in [4.69, 9.17) is 16.3 Å². The number of rotatable bonds is 5. The number of nitriles is 1.